The normalized spacial score (nSPS) is 11.4. The fourth-order valence-electron chi connectivity index (χ4n) is 0.785. The molecule has 0 aliphatic carbocycles. The highest BCUT2D eigenvalue weighted by atomic mass is 32.3. The second-order valence-corrected chi connectivity index (χ2v) is 3.98. The predicted octanol–water partition coefficient (Wildman–Crippen LogP) is 0.0645. The maximum atomic E-state index is 10.8. The number of unbranched alkanes of at least 4 members (excludes halogenated alkanes) is 1. The minimum atomic E-state index is -4.67. The third kappa shape index (κ3) is 15.4. The Balaban J connectivity index is 0. The molecule has 0 aliphatic rings. The van der Waals surface area contributed by atoms with Crippen molar-refractivity contribution >= 4 is 16.3 Å². The molecular formula is C8H18N2O5S. The molecule has 8 heteroatoms. The van der Waals surface area contributed by atoms with Crippen LogP contribution in [0.5, 0.6) is 0 Å². The van der Waals surface area contributed by atoms with Gasteiger partial charge in [0, 0.05) is 14.1 Å². The van der Waals surface area contributed by atoms with E-state index in [0.717, 1.165) is 12.8 Å². The average molecular weight is 254 g/mol. The van der Waals surface area contributed by atoms with Crippen molar-refractivity contribution < 1.29 is 22.3 Å². The van der Waals surface area contributed by atoms with Crippen LogP contribution in [0.25, 0.3) is 0 Å². The van der Waals surface area contributed by atoms with E-state index in [1.165, 1.54) is 0 Å². The first-order valence-electron chi connectivity index (χ1n) is 4.46. The summed E-state index contributed by atoms with van der Waals surface area (Å²) in [5.41, 5.74) is 5.72. The van der Waals surface area contributed by atoms with Crippen LogP contribution in [0, 0.1) is 0 Å². The third-order valence-electron chi connectivity index (χ3n) is 1.36. The Labute approximate surface area is 95.5 Å². The molecule has 0 aromatic heterocycles. The molecule has 0 aliphatic heterocycles. The lowest BCUT2D eigenvalue weighted by atomic mass is 10.2. The molecule has 0 atom stereocenters. The zero-order valence-electron chi connectivity index (χ0n) is 9.54. The zero-order chi connectivity index (χ0) is 13.4. The summed E-state index contributed by atoms with van der Waals surface area (Å²) in [6.45, 7) is 2.06. The van der Waals surface area contributed by atoms with Crippen molar-refractivity contribution in [3.63, 3.8) is 0 Å². The summed E-state index contributed by atoms with van der Waals surface area (Å²) in [7, 11) is -1.04. The molecule has 1 amide bonds. The van der Waals surface area contributed by atoms with E-state index in [2.05, 4.69) is 6.92 Å². The lowest BCUT2D eigenvalue weighted by Crippen LogP contribution is -2.25. The summed E-state index contributed by atoms with van der Waals surface area (Å²) >= 11 is 0. The van der Waals surface area contributed by atoms with Gasteiger partial charge in [0.2, 0.25) is 0 Å². The van der Waals surface area contributed by atoms with E-state index in [0.29, 0.717) is 5.70 Å². The van der Waals surface area contributed by atoms with E-state index in [1.807, 2.05) is 20.2 Å². The molecule has 0 saturated heterocycles. The number of nitrogens with zero attached hydrogens (tertiary/aromatic N) is 1. The molecule has 0 fully saturated rings. The van der Waals surface area contributed by atoms with Gasteiger partial charge in [-0.05, 0) is 6.42 Å². The van der Waals surface area contributed by atoms with Crippen molar-refractivity contribution in [3.05, 3.63) is 11.8 Å². The fraction of sp³-hybridized carbons (Fsp3) is 0.625. The third-order valence-corrected chi connectivity index (χ3v) is 1.36. The van der Waals surface area contributed by atoms with Crippen molar-refractivity contribution in [3.8, 4) is 0 Å². The van der Waals surface area contributed by atoms with Crippen LogP contribution in [-0.2, 0) is 15.2 Å². The molecule has 7 nitrogen and oxygen atoms in total. The van der Waals surface area contributed by atoms with Gasteiger partial charge in [-0.15, -0.1) is 0 Å². The first kappa shape index (κ1) is 17.3. The van der Waals surface area contributed by atoms with Gasteiger partial charge in [-0.25, -0.2) is 0 Å². The van der Waals surface area contributed by atoms with Crippen molar-refractivity contribution in [2.24, 2.45) is 5.73 Å². The zero-order valence-corrected chi connectivity index (χ0v) is 10.4. The van der Waals surface area contributed by atoms with E-state index in [1.54, 1.807) is 4.90 Å². The van der Waals surface area contributed by atoms with Crippen molar-refractivity contribution in [1.82, 2.24) is 4.90 Å². The number of likely N-dealkylation sites (N-methyl/N-ethyl adjacent to an activating group) is 1. The van der Waals surface area contributed by atoms with Crippen LogP contribution in [0.1, 0.15) is 19.8 Å². The van der Waals surface area contributed by atoms with Gasteiger partial charge in [0.25, 0.3) is 5.91 Å². The van der Waals surface area contributed by atoms with Crippen LogP contribution in [0.2, 0.25) is 0 Å². The molecule has 0 rings (SSSR count). The van der Waals surface area contributed by atoms with Gasteiger partial charge < -0.3 is 10.6 Å². The largest absolute Gasteiger partial charge is 0.394 e. The van der Waals surface area contributed by atoms with Crippen LogP contribution in [0.4, 0.5) is 0 Å². The lowest BCUT2D eigenvalue weighted by molar-refractivity contribution is -0.115. The molecule has 16 heavy (non-hydrogen) atoms. The first-order chi connectivity index (χ1) is 7.09. The Kier molecular flexibility index (Phi) is 8.73. The van der Waals surface area contributed by atoms with Gasteiger partial charge in [0.15, 0.2) is 0 Å². The van der Waals surface area contributed by atoms with Gasteiger partial charge >= 0.3 is 10.4 Å². The molecule has 0 heterocycles. The highest BCUT2D eigenvalue weighted by Gasteiger charge is 2.04. The van der Waals surface area contributed by atoms with E-state index < -0.39 is 10.4 Å². The van der Waals surface area contributed by atoms with E-state index in [9.17, 15) is 4.79 Å². The Bertz CT molecular complexity index is 326. The summed E-state index contributed by atoms with van der Waals surface area (Å²) in [4.78, 5) is 12.5. The molecule has 0 aromatic carbocycles. The van der Waals surface area contributed by atoms with Gasteiger partial charge in [-0.3, -0.25) is 13.9 Å². The standard InChI is InChI=1S/C8H16N2O.H2O4S/c1-4-5-6-7(8(9)11)10(2)3;1-5(2,3)4/h6H,4-5H2,1-3H3,(H2,9,11);(H2,1,2,3,4)/b7-6+;. The summed E-state index contributed by atoms with van der Waals surface area (Å²) in [5.74, 6) is -0.358. The maximum absolute atomic E-state index is 10.8. The molecule has 0 saturated carbocycles. The quantitative estimate of drug-likeness (QED) is 0.482. The predicted molar refractivity (Wildman–Crippen MR) is 60.0 cm³/mol. The number of primary amides is 1. The van der Waals surface area contributed by atoms with Crippen molar-refractivity contribution in [1.29, 1.82) is 0 Å². The van der Waals surface area contributed by atoms with E-state index >= 15 is 0 Å². The maximum Gasteiger partial charge on any atom is 0.394 e. The van der Waals surface area contributed by atoms with E-state index in [4.69, 9.17) is 23.3 Å². The molecule has 0 unspecified atom stereocenters. The SMILES string of the molecule is CCC/C=C(\C(N)=O)N(C)C.O=S(=O)(O)O. The average Bonchev–Trinajstić information content (AvgIpc) is 2.00. The Morgan fingerprint density at radius 3 is 1.94 bits per heavy atom. The fourth-order valence-corrected chi connectivity index (χ4v) is 0.785. The van der Waals surface area contributed by atoms with Crippen LogP contribution in [0.15, 0.2) is 11.8 Å². The number of carbonyl (C=O) groups excluding carboxylic acids is 1. The molecular weight excluding hydrogens is 236 g/mol. The highest BCUT2D eigenvalue weighted by molar-refractivity contribution is 7.79. The second kappa shape index (κ2) is 8.08. The second-order valence-electron chi connectivity index (χ2n) is 3.08. The van der Waals surface area contributed by atoms with Gasteiger partial charge in [0.1, 0.15) is 0 Å². The Morgan fingerprint density at radius 1 is 1.38 bits per heavy atom. The number of rotatable bonds is 4. The summed E-state index contributed by atoms with van der Waals surface area (Å²) in [6.07, 6.45) is 3.80. The van der Waals surface area contributed by atoms with Gasteiger partial charge in [0.05, 0.1) is 5.70 Å². The minimum Gasteiger partial charge on any atom is -0.373 e. The summed E-state index contributed by atoms with van der Waals surface area (Å²) in [6, 6.07) is 0. The lowest BCUT2D eigenvalue weighted by Gasteiger charge is -2.13. The molecule has 0 aromatic rings. The van der Waals surface area contributed by atoms with Gasteiger partial charge in [-0.1, -0.05) is 19.4 Å². The summed E-state index contributed by atoms with van der Waals surface area (Å²) in [5, 5.41) is 0. The number of allylic oxidation sites excluding steroid dienone is 1. The highest BCUT2D eigenvalue weighted by Crippen LogP contribution is 2.00. The molecule has 0 spiro atoms. The number of carbonyl (C=O) groups is 1. The number of nitrogens with two attached hydrogens (primary N) is 1. The van der Waals surface area contributed by atoms with Crippen LogP contribution in [0.3, 0.4) is 0 Å². The first-order valence-corrected chi connectivity index (χ1v) is 5.86. The van der Waals surface area contributed by atoms with Crippen LogP contribution < -0.4 is 5.73 Å². The van der Waals surface area contributed by atoms with Gasteiger partial charge in [-0.2, -0.15) is 8.42 Å². The van der Waals surface area contributed by atoms with Crippen LogP contribution >= 0.6 is 0 Å². The Hall–Kier alpha value is -1.12. The Morgan fingerprint density at radius 2 is 1.75 bits per heavy atom. The smallest absolute Gasteiger partial charge is 0.373 e. The van der Waals surface area contributed by atoms with Crippen molar-refractivity contribution in [2.75, 3.05) is 14.1 Å². The van der Waals surface area contributed by atoms with Crippen molar-refractivity contribution in [2.45, 2.75) is 19.8 Å². The number of hydrogen-bond acceptors (Lipinski definition) is 4. The topological polar surface area (TPSA) is 121 Å². The van der Waals surface area contributed by atoms with E-state index in [-0.39, 0.29) is 5.91 Å². The molecule has 96 valence electrons. The number of amides is 1. The molecule has 0 bridgehead atoms. The number of hydrogen-bond donors (Lipinski definition) is 3. The monoisotopic (exact) mass is 254 g/mol. The minimum absolute atomic E-state index is 0.358. The molecule has 0 radical (unpaired) electrons. The van der Waals surface area contributed by atoms with Crippen LogP contribution in [-0.4, -0.2) is 42.4 Å². The molecule has 4 N–H and O–H groups in total. The summed E-state index contributed by atoms with van der Waals surface area (Å²) < 4.78 is 31.6.